The maximum absolute atomic E-state index is 4.57. The summed E-state index contributed by atoms with van der Waals surface area (Å²) in [5.74, 6) is 5.30. The van der Waals surface area contributed by atoms with Crippen LogP contribution >= 0.6 is 12.6 Å². The van der Waals surface area contributed by atoms with E-state index in [4.69, 9.17) is 0 Å². The van der Waals surface area contributed by atoms with E-state index in [1.54, 1.807) is 0 Å². The van der Waals surface area contributed by atoms with Crippen molar-refractivity contribution in [2.75, 3.05) is 12.3 Å². The molecular formula is C2H8N2OS. The molecule has 3 N–H and O–H groups in total. The summed E-state index contributed by atoms with van der Waals surface area (Å²) < 4.78 is 0. The second-order valence-electron chi connectivity index (χ2n) is 0.736. The molecule has 0 rings (SSSR count). The molecule has 0 fully saturated rings. The van der Waals surface area contributed by atoms with Crippen LogP contribution in [0.2, 0.25) is 0 Å². The summed E-state index contributed by atoms with van der Waals surface area (Å²) in [6.45, 7) is 0.680. The number of rotatable bonds is 3. The minimum atomic E-state index is 0.680. The van der Waals surface area contributed by atoms with Crippen molar-refractivity contribution in [2.24, 2.45) is 5.90 Å². The number of thiol groups is 1. The Morgan fingerprint density at radius 3 is 2.67 bits per heavy atom. The fourth-order valence-electron chi connectivity index (χ4n) is 0.105. The van der Waals surface area contributed by atoms with E-state index in [9.17, 15) is 0 Å². The lowest BCUT2D eigenvalue weighted by atomic mass is 10.8. The van der Waals surface area contributed by atoms with Crippen LogP contribution in [0.25, 0.3) is 0 Å². The van der Waals surface area contributed by atoms with Gasteiger partial charge in [0.25, 0.3) is 0 Å². The Kier molecular flexibility index (Phi) is 5.43. The molecule has 3 nitrogen and oxygen atoms in total. The smallest absolute Gasteiger partial charge is 0.0317 e. The van der Waals surface area contributed by atoms with Gasteiger partial charge in [-0.1, -0.05) is 0 Å². The monoisotopic (exact) mass is 108 g/mol. The summed E-state index contributed by atoms with van der Waals surface area (Å²) in [4.78, 5) is 3.98. The van der Waals surface area contributed by atoms with Gasteiger partial charge in [-0.2, -0.15) is 24.0 Å². The molecule has 0 atom stereocenters. The van der Waals surface area contributed by atoms with E-state index >= 15 is 0 Å². The Morgan fingerprint density at radius 1 is 1.83 bits per heavy atom. The first-order valence-electron chi connectivity index (χ1n) is 1.61. The first-order chi connectivity index (χ1) is 2.91. The molecule has 0 radical (unpaired) electrons. The average Bonchev–Trinajstić information content (AvgIpc) is 1.61. The Morgan fingerprint density at radius 2 is 2.50 bits per heavy atom. The van der Waals surface area contributed by atoms with Gasteiger partial charge >= 0.3 is 0 Å². The van der Waals surface area contributed by atoms with Gasteiger partial charge in [0.05, 0.1) is 0 Å². The van der Waals surface area contributed by atoms with Crippen LogP contribution in [0.3, 0.4) is 0 Å². The number of nitrogens with one attached hydrogen (secondary N) is 1. The summed E-state index contributed by atoms with van der Waals surface area (Å²) in [6, 6.07) is 0. The van der Waals surface area contributed by atoms with Crippen molar-refractivity contribution in [3.05, 3.63) is 0 Å². The molecule has 0 aromatic carbocycles. The van der Waals surface area contributed by atoms with Gasteiger partial charge in [-0.05, 0) is 0 Å². The van der Waals surface area contributed by atoms with E-state index in [1.807, 2.05) is 0 Å². The zero-order valence-electron chi connectivity index (χ0n) is 3.35. The molecule has 0 aromatic heterocycles. The highest BCUT2D eigenvalue weighted by Gasteiger charge is 1.72. The van der Waals surface area contributed by atoms with Gasteiger partial charge in [-0.25, -0.2) is 4.94 Å². The van der Waals surface area contributed by atoms with Gasteiger partial charge in [0.1, 0.15) is 0 Å². The number of hydrogen-bond acceptors (Lipinski definition) is 4. The highest BCUT2D eigenvalue weighted by atomic mass is 32.1. The van der Waals surface area contributed by atoms with Crippen molar-refractivity contribution < 1.29 is 4.94 Å². The highest BCUT2D eigenvalue weighted by molar-refractivity contribution is 7.80. The summed E-state index contributed by atoms with van der Waals surface area (Å²) in [5, 5.41) is 0. The summed E-state index contributed by atoms with van der Waals surface area (Å²) >= 11 is 3.86. The summed E-state index contributed by atoms with van der Waals surface area (Å²) in [5.41, 5.74) is 2.40. The Labute approximate surface area is 42.2 Å². The molecule has 0 unspecified atom stereocenters. The van der Waals surface area contributed by atoms with E-state index in [0.717, 1.165) is 5.75 Å². The van der Waals surface area contributed by atoms with Crippen molar-refractivity contribution in [2.45, 2.75) is 0 Å². The van der Waals surface area contributed by atoms with Crippen molar-refractivity contribution in [3.8, 4) is 0 Å². The van der Waals surface area contributed by atoms with Crippen LogP contribution < -0.4 is 11.4 Å². The lowest BCUT2D eigenvalue weighted by molar-refractivity contribution is 0.0453. The minimum absolute atomic E-state index is 0.680. The third-order valence-electron chi connectivity index (χ3n) is 0.297. The Balaban J connectivity index is 2.34. The van der Waals surface area contributed by atoms with Gasteiger partial charge < -0.3 is 0 Å². The number of nitrogens with two attached hydrogens (primary N) is 1. The van der Waals surface area contributed by atoms with Crippen LogP contribution in [0.5, 0.6) is 0 Å². The molecule has 0 aliphatic rings. The maximum atomic E-state index is 4.57. The predicted molar refractivity (Wildman–Crippen MR) is 27.1 cm³/mol. The maximum Gasteiger partial charge on any atom is 0.0317 e. The van der Waals surface area contributed by atoms with Gasteiger partial charge in [-0.15, -0.1) is 0 Å². The third-order valence-corrected chi connectivity index (χ3v) is 0.521. The second kappa shape index (κ2) is 5.23. The summed E-state index contributed by atoms with van der Waals surface area (Å²) in [7, 11) is 0. The topological polar surface area (TPSA) is 47.3 Å². The first-order valence-corrected chi connectivity index (χ1v) is 2.24. The number of hydroxylamine groups is 1. The molecule has 0 saturated carbocycles. The second-order valence-corrected chi connectivity index (χ2v) is 1.18. The molecule has 0 bridgehead atoms. The third kappa shape index (κ3) is 4.23. The average molecular weight is 108 g/mol. The van der Waals surface area contributed by atoms with E-state index in [0.29, 0.717) is 6.54 Å². The molecular weight excluding hydrogens is 100 g/mol. The van der Waals surface area contributed by atoms with Crippen LogP contribution in [0.15, 0.2) is 0 Å². The van der Waals surface area contributed by atoms with Gasteiger partial charge in [0, 0.05) is 12.3 Å². The molecule has 0 aliphatic carbocycles. The number of hydrogen-bond donors (Lipinski definition) is 3. The largest absolute Gasteiger partial charge is 0.217 e. The quantitative estimate of drug-likeness (QED) is 0.255. The van der Waals surface area contributed by atoms with Gasteiger partial charge in [0.15, 0.2) is 0 Å². The Hall–Kier alpha value is 0.230. The normalized spacial score (nSPS) is 9.00. The molecule has 38 valence electrons. The van der Waals surface area contributed by atoms with Crippen molar-refractivity contribution in [3.63, 3.8) is 0 Å². The zero-order chi connectivity index (χ0) is 4.83. The van der Waals surface area contributed by atoms with Crippen LogP contribution in [-0.2, 0) is 4.94 Å². The standard InChI is InChI=1S/C2H8N2OS/c3-5-4-1-2-6/h4,6H,1-3H2. The van der Waals surface area contributed by atoms with Gasteiger partial charge in [0.2, 0.25) is 0 Å². The fourth-order valence-corrected chi connectivity index (χ4v) is 0.196. The molecule has 4 heteroatoms. The van der Waals surface area contributed by atoms with Crippen molar-refractivity contribution >= 4 is 12.6 Å². The molecule has 0 amide bonds. The Bertz CT molecular complexity index is 23.5. The van der Waals surface area contributed by atoms with E-state index in [1.165, 1.54) is 0 Å². The van der Waals surface area contributed by atoms with Crippen molar-refractivity contribution in [1.82, 2.24) is 5.48 Å². The molecule has 0 saturated heterocycles. The van der Waals surface area contributed by atoms with E-state index in [-0.39, 0.29) is 0 Å². The van der Waals surface area contributed by atoms with E-state index < -0.39 is 0 Å². The fraction of sp³-hybridized carbons (Fsp3) is 1.00. The first kappa shape index (κ1) is 6.23. The molecule has 0 spiro atoms. The summed E-state index contributed by atoms with van der Waals surface area (Å²) in [6.07, 6.45) is 0. The van der Waals surface area contributed by atoms with Gasteiger partial charge in [-0.3, -0.25) is 0 Å². The highest BCUT2D eigenvalue weighted by Crippen LogP contribution is 1.64. The van der Waals surface area contributed by atoms with Crippen LogP contribution in [-0.4, -0.2) is 12.3 Å². The SMILES string of the molecule is NONCCS. The molecule has 0 heterocycles. The van der Waals surface area contributed by atoms with Crippen LogP contribution in [0.1, 0.15) is 0 Å². The predicted octanol–water partition coefficient (Wildman–Crippen LogP) is -0.689. The molecule has 0 aliphatic heterocycles. The minimum Gasteiger partial charge on any atom is -0.217 e. The molecule has 0 aromatic rings. The lowest BCUT2D eigenvalue weighted by Crippen LogP contribution is -2.20. The van der Waals surface area contributed by atoms with Crippen molar-refractivity contribution in [1.29, 1.82) is 0 Å². The van der Waals surface area contributed by atoms with Crippen LogP contribution in [0.4, 0.5) is 0 Å². The van der Waals surface area contributed by atoms with Crippen LogP contribution in [0, 0.1) is 0 Å². The van der Waals surface area contributed by atoms with E-state index in [2.05, 4.69) is 28.9 Å². The molecule has 6 heavy (non-hydrogen) atoms. The lowest BCUT2D eigenvalue weighted by Gasteiger charge is -1.91. The zero-order valence-corrected chi connectivity index (χ0v) is 4.24.